The molecule has 1 amide bonds. The number of carbonyl (C=O) groups excluding carboxylic acids is 1. The molecule has 0 aliphatic heterocycles. The molecule has 16 heavy (non-hydrogen) atoms. The molecule has 3 N–H and O–H groups in total. The van der Waals surface area contributed by atoms with Gasteiger partial charge in [-0.05, 0) is 26.7 Å². The number of hydrogen-bond donors (Lipinski definition) is 2. The minimum absolute atomic E-state index is 0.107. The van der Waals surface area contributed by atoms with Crippen molar-refractivity contribution >= 4 is 5.91 Å². The molecule has 0 spiro atoms. The van der Waals surface area contributed by atoms with E-state index in [9.17, 15) is 4.79 Å². The molecule has 4 nitrogen and oxygen atoms in total. The third kappa shape index (κ3) is 6.08. The number of amides is 1. The molecule has 4 heteroatoms. The molecule has 0 rings (SSSR count). The van der Waals surface area contributed by atoms with Crippen LogP contribution in [0.5, 0.6) is 0 Å². The highest BCUT2D eigenvalue weighted by Crippen LogP contribution is 1.99. The molecule has 0 aromatic rings. The Hall–Kier alpha value is -0.610. The van der Waals surface area contributed by atoms with E-state index in [0.29, 0.717) is 25.2 Å². The molecule has 0 atom stereocenters. The molecule has 0 aliphatic carbocycles. The lowest BCUT2D eigenvalue weighted by Gasteiger charge is -2.26. The third-order valence-corrected chi connectivity index (χ3v) is 2.84. The van der Waals surface area contributed by atoms with Crippen molar-refractivity contribution in [1.82, 2.24) is 10.2 Å². The van der Waals surface area contributed by atoms with Crippen molar-refractivity contribution in [2.24, 2.45) is 5.73 Å². The molecule has 0 aromatic heterocycles. The van der Waals surface area contributed by atoms with Crippen LogP contribution < -0.4 is 11.1 Å². The van der Waals surface area contributed by atoms with E-state index in [-0.39, 0.29) is 5.91 Å². The van der Waals surface area contributed by atoms with Crippen LogP contribution in [0.25, 0.3) is 0 Å². The second kappa shape index (κ2) is 8.53. The number of hydrogen-bond acceptors (Lipinski definition) is 3. The topological polar surface area (TPSA) is 58.4 Å². The lowest BCUT2D eigenvalue weighted by Crippen LogP contribution is -2.45. The first-order valence-electron chi connectivity index (χ1n) is 6.28. The van der Waals surface area contributed by atoms with Gasteiger partial charge in [0.1, 0.15) is 0 Å². The monoisotopic (exact) mass is 229 g/mol. The van der Waals surface area contributed by atoms with Crippen molar-refractivity contribution in [3.63, 3.8) is 0 Å². The first-order valence-corrected chi connectivity index (χ1v) is 6.28. The lowest BCUT2D eigenvalue weighted by atomic mass is 10.2. The van der Waals surface area contributed by atoms with Gasteiger partial charge in [0.25, 0.3) is 0 Å². The van der Waals surface area contributed by atoms with E-state index in [1.807, 2.05) is 0 Å². The van der Waals surface area contributed by atoms with E-state index in [0.717, 1.165) is 19.4 Å². The maximum atomic E-state index is 11.8. The Bertz CT molecular complexity index is 191. The van der Waals surface area contributed by atoms with Crippen LogP contribution in [0.15, 0.2) is 0 Å². The van der Waals surface area contributed by atoms with Crippen LogP contribution in [0, 0.1) is 0 Å². The Labute approximate surface area is 99.6 Å². The maximum Gasteiger partial charge on any atom is 0.234 e. The van der Waals surface area contributed by atoms with Gasteiger partial charge >= 0.3 is 0 Å². The molecular weight excluding hydrogens is 202 g/mol. The van der Waals surface area contributed by atoms with Crippen LogP contribution in [0.2, 0.25) is 0 Å². The zero-order valence-corrected chi connectivity index (χ0v) is 11.1. The van der Waals surface area contributed by atoms with E-state index < -0.39 is 0 Å². The molecule has 0 radical (unpaired) electrons. The zero-order chi connectivity index (χ0) is 12.6. The Morgan fingerprint density at radius 3 is 2.25 bits per heavy atom. The second-order valence-electron chi connectivity index (χ2n) is 4.43. The van der Waals surface area contributed by atoms with Crippen molar-refractivity contribution in [2.45, 2.75) is 52.6 Å². The molecule has 0 saturated carbocycles. The zero-order valence-electron chi connectivity index (χ0n) is 11.1. The maximum absolute atomic E-state index is 11.8. The van der Waals surface area contributed by atoms with Gasteiger partial charge in [0, 0.05) is 25.2 Å². The smallest absolute Gasteiger partial charge is 0.234 e. The molecule has 0 aliphatic rings. The molecule has 0 unspecified atom stereocenters. The largest absolute Gasteiger partial charge is 0.352 e. The molecular formula is C12H27N3O. The molecule has 0 bridgehead atoms. The highest BCUT2D eigenvalue weighted by Gasteiger charge is 2.14. The Morgan fingerprint density at radius 1 is 1.31 bits per heavy atom. The number of carbonyl (C=O) groups is 1. The summed E-state index contributed by atoms with van der Waals surface area (Å²) in [5, 5.41) is 3.04. The summed E-state index contributed by atoms with van der Waals surface area (Å²) >= 11 is 0. The number of nitrogens with one attached hydrogen (secondary N) is 1. The fourth-order valence-electron chi connectivity index (χ4n) is 1.64. The normalized spacial score (nSPS) is 11.5. The Balaban J connectivity index is 4.08. The SMILES string of the molecule is CCC(CC)NC(=O)CN(CCN)C(C)C. The number of nitrogens with zero attached hydrogens (tertiary/aromatic N) is 1. The van der Waals surface area contributed by atoms with Crippen LogP contribution in [0.1, 0.15) is 40.5 Å². The second-order valence-corrected chi connectivity index (χ2v) is 4.43. The molecule has 0 saturated heterocycles. The highest BCUT2D eigenvalue weighted by molar-refractivity contribution is 5.78. The quantitative estimate of drug-likeness (QED) is 0.652. The van der Waals surface area contributed by atoms with E-state index in [4.69, 9.17) is 5.73 Å². The van der Waals surface area contributed by atoms with Gasteiger partial charge in [-0.1, -0.05) is 13.8 Å². The number of nitrogens with two attached hydrogens (primary N) is 1. The third-order valence-electron chi connectivity index (χ3n) is 2.84. The summed E-state index contributed by atoms with van der Waals surface area (Å²) in [6.45, 7) is 10.2. The molecule has 96 valence electrons. The number of rotatable bonds is 8. The predicted octanol–water partition coefficient (Wildman–Crippen LogP) is 0.960. The van der Waals surface area contributed by atoms with Gasteiger partial charge in [0.15, 0.2) is 0 Å². The van der Waals surface area contributed by atoms with Crippen LogP contribution in [0.4, 0.5) is 0 Å². The fourth-order valence-corrected chi connectivity index (χ4v) is 1.64. The van der Waals surface area contributed by atoms with Crippen LogP contribution in [-0.2, 0) is 4.79 Å². The van der Waals surface area contributed by atoms with Gasteiger partial charge < -0.3 is 11.1 Å². The van der Waals surface area contributed by atoms with E-state index in [1.165, 1.54) is 0 Å². The molecule has 0 heterocycles. The summed E-state index contributed by atoms with van der Waals surface area (Å²) in [6, 6.07) is 0.662. The minimum Gasteiger partial charge on any atom is -0.352 e. The van der Waals surface area contributed by atoms with Gasteiger partial charge in [-0.25, -0.2) is 0 Å². The summed E-state index contributed by atoms with van der Waals surface area (Å²) in [5.41, 5.74) is 5.52. The predicted molar refractivity (Wildman–Crippen MR) is 68.3 cm³/mol. The van der Waals surface area contributed by atoms with E-state index in [1.54, 1.807) is 0 Å². The summed E-state index contributed by atoms with van der Waals surface area (Å²) in [4.78, 5) is 13.9. The standard InChI is InChI=1S/C12H27N3O/c1-5-11(6-2)14-12(16)9-15(8-7-13)10(3)4/h10-11H,5-9,13H2,1-4H3,(H,14,16). The lowest BCUT2D eigenvalue weighted by molar-refractivity contribution is -0.123. The first-order chi connectivity index (χ1) is 7.54. The minimum atomic E-state index is 0.107. The van der Waals surface area contributed by atoms with Crippen LogP contribution in [-0.4, -0.2) is 42.5 Å². The van der Waals surface area contributed by atoms with Crippen molar-refractivity contribution in [1.29, 1.82) is 0 Å². The Kier molecular flexibility index (Phi) is 8.21. The van der Waals surface area contributed by atoms with E-state index in [2.05, 4.69) is 37.9 Å². The van der Waals surface area contributed by atoms with Crippen molar-refractivity contribution < 1.29 is 4.79 Å². The van der Waals surface area contributed by atoms with Crippen LogP contribution >= 0.6 is 0 Å². The van der Waals surface area contributed by atoms with Crippen LogP contribution in [0.3, 0.4) is 0 Å². The first kappa shape index (κ1) is 15.4. The summed E-state index contributed by atoms with van der Waals surface area (Å²) in [7, 11) is 0. The van der Waals surface area contributed by atoms with Gasteiger partial charge in [-0.3, -0.25) is 9.69 Å². The van der Waals surface area contributed by atoms with E-state index >= 15 is 0 Å². The average molecular weight is 229 g/mol. The summed E-state index contributed by atoms with van der Waals surface area (Å²) in [5.74, 6) is 0.107. The van der Waals surface area contributed by atoms with Gasteiger partial charge in [-0.2, -0.15) is 0 Å². The Morgan fingerprint density at radius 2 is 1.88 bits per heavy atom. The highest BCUT2D eigenvalue weighted by atomic mass is 16.2. The fraction of sp³-hybridized carbons (Fsp3) is 0.917. The van der Waals surface area contributed by atoms with Crippen molar-refractivity contribution in [2.75, 3.05) is 19.6 Å². The van der Waals surface area contributed by atoms with Crippen molar-refractivity contribution in [3.05, 3.63) is 0 Å². The van der Waals surface area contributed by atoms with Gasteiger partial charge in [0.2, 0.25) is 5.91 Å². The van der Waals surface area contributed by atoms with Gasteiger partial charge in [0.05, 0.1) is 6.54 Å². The molecule has 0 aromatic carbocycles. The summed E-state index contributed by atoms with van der Waals surface area (Å²) in [6.07, 6.45) is 1.97. The van der Waals surface area contributed by atoms with Gasteiger partial charge in [-0.15, -0.1) is 0 Å². The summed E-state index contributed by atoms with van der Waals surface area (Å²) < 4.78 is 0. The average Bonchev–Trinajstić information content (AvgIpc) is 2.25. The molecule has 0 fully saturated rings. The van der Waals surface area contributed by atoms with Crippen molar-refractivity contribution in [3.8, 4) is 0 Å².